The van der Waals surface area contributed by atoms with Crippen molar-refractivity contribution in [1.29, 1.82) is 0 Å². The summed E-state index contributed by atoms with van der Waals surface area (Å²) in [6, 6.07) is 12.4. The third-order valence-corrected chi connectivity index (χ3v) is 6.45. The molecule has 3 heteroatoms. The SMILES string of the molecule is CC(C)(C)CC[Si](C)(C)c1ccccc1.[CH3-].[CH3-].[Re].[Re]. The van der Waals surface area contributed by atoms with Crippen LogP contribution in [-0.2, 0) is 40.8 Å². The van der Waals surface area contributed by atoms with Crippen LogP contribution < -0.4 is 5.19 Å². The Bertz CT molecular complexity index is 302. The fourth-order valence-electron chi connectivity index (χ4n) is 1.72. The summed E-state index contributed by atoms with van der Waals surface area (Å²) in [4.78, 5) is 0. The van der Waals surface area contributed by atoms with Crippen LogP contribution in [0.25, 0.3) is 0 Å². The second kappa shape index (κ2) is 11.4. The van der Waals surface area contributed by atoms with Gasteiger partial charge < -0.3 is 14.9 Å². The van der Waals surface area contributed by atoms with E-state index in [2.05, 4.69) is 64.2 Å². The third-order valence-electron chi connectivity index (χ3n) is 3.06. The predicted molar refractivity (Wildman–Crippen MR) is 85.3 cm³/mol. The van der Waals surface area contributed by atoms with Gasteiger partial charge in [-0.1, -0.05) is 81.8 Å². The Labute approximate surface area is 150 Å². The zero-order valence-corrected chi connectivity index (χ0v) is 20.0. The summed E-state index contributed by atoms with van der Waals surface area (Å²) in [6.07, 6.45) is 1.33. The molecule has 0 aromatic heterocycles. The van der Waals surface area contributed by atoms with Gasteiger partial charge in [0.15, 0.2) is 0 Å². The molecule has 0 saturated heterocycles. The molecule has 0 fully saturated rings. The molecule has 0 amide bonds. The van der Waals surface area contributed by atoms with E-state index in [1.54, 1.807) is 5.19 Å². The van der Waals surface area contributed by atoms with Gasteiger partial charge in [-0.2, -0.15) is 0 Å². The smallest absolute Gasteiger partial charge is 0.0806 e. The van der Waals surface area contributed by atoms with E-state index >= 15 is 0 Å². The maximum atomic E-state index is 2.48. The molecule has 0 N–H and O–H groups in total. The van der Waals surface area contributed by atoms with Gasteiger partial charge in [0.2, 0.25) is 0 Å². The van der Waals surface area contributed by atoms with Gasteiger partial charge in [0, 0.05) is 40.8 Å². The topological polar surface area (TPSA) is 0 Å². The summed E-state index contributed by atoms with van der Waals surface area (Å²) in [5.74, 6) is 0. The van der Waals surface area contributed by atoms with Crippen LogP contribution >= 0.6 is 0 Å². The van der Waals surface area contributed by atoms with Crippen molar-refractivity contribution in [2.75, 3.05) is 0 Å². The van der Waals surface area contributed by atoms with E-state index in [1.165, 1.54) is 12.5 Å². The van der Waals surface area contributed by atoms with Crippen LogP contribution in [0.1, 0.15) is 27.2 Å². The van der Waals surface area contributed by atoms with Crippen molar-refractivity contribution in [3.05, 3.63) is 45.2 Å². The summed E-state index contributed by atoms with van der Waals surface area (Å²) in [7, 11) is -1.19. The molecule has 0 saturated carbocycles. The Morgan fingerprint density at radius 3 is 1.68 bits per heavy atom. The van der Waals surface area contributed by atoms with Crippen molar-refractivity contribution >= 4 is 13.3 Å². The van der Waals surface area contributed by atoms with Crippen LogP contribution in [0.2, 0.25) is 19.1 Å². The molecule has 0 bridgehead atoms. The van der Waals surface area contributed by atoms with E-state index in [0.29, 0.717) is 5.41 Å². The normalized spacial score (nSPS) is 10.2. The first-order valence-electron chi connectivity index (χ1n) is 5.87. The average molecular weight is 623 g/mol. The fourth-order valence-corrected chi connectivity index (χ4v) is 4.48. The molecule has 19 heavy (non-hydrogen) atoms. The van der Waals surface area contributed by atoms with Crippen LogP contribution in [0.15, 0.2) is 30.3 Å². The average Bonchev–Trinajstić information content (AvgIpc) is 2.16. The van der Waals surface area contributed by atoms with Gasteiger partial charge in [-0.05, 0) is 5.41 Å². The van der Waals surface area contributed by atoms with Crippen LogP contribution in [-0.4, -0.2) is 8.07 Å². The molecule has 0 nitrogen and oxygen atoms in total. The molecule has 114 valence electrons. The van der Waals surface area contributed by atoms with Crippen molar-refractivity contribution in [3.63, 3.8) is 0 Å². The molecule has 0 atom stereocenters. The van der Waals surface area contributed by atoms with Crippen molar-refractivity contribution < 1.29 is 40.8 Å². The molecule has 0 aliphatic rings. The zero-order valence-electron chi connectivity index (χ0n) is 13.6. The second-order valence-electron chi connectivity index (χ2n) is 6.31. The van der Waals surface area contributed by atoms with Gasteiger partial charge in [0.05, 0.1) is 8.07 Å². The van der Waals surface area contributed by atoms with Gasteiger partial charge in [-0.3, -0.25) is 0 Å². The minimum absolute atomic E-state index is 0. The minimum Gasteiger partial charge on any atom is -0.358 e. The zero-order chi connectivity index (χ0) is 11.5. The number of rotatable bonds is 3. The van der Waals surface area contributed by atoms with Crippen LogP contribution in [0.5, 0.6) is 0 Å². The summed E-state index contributed by atoms with van der Waals surface area (Å²) in [5.41, 5.74) is 0.471. The summed E-state index contributed by atoms with van der Waals surface area (Å²) >= 11 is 0. The molecular formula is C16H30Re2Si-2. The first-order chi connectivity index (χ1) is 6.81. The molecule has 0 heterocycles. The summed E-state index contributed by atoms with van der Waals surface area (Å²) in [6.45, 7) is 12.0. The van der Waals surface area contributed by atoms with Gasteiger partial charge >= 0.3 is 0 Å². The Morgan fingerprint density at radius 2 is 1.32 bits per heavy atom. The van der Waals surface area contributed by atoms with Crippen molar-refractivity contribution in [3.8, 4) is 0 Å². The Hall–Kier alpha value is 0.762. The van der Waals surface area contributed by atoms with Crippen LogP contribution in [0, 0.1) is 20.3 Å². The van der Waals surface area contributed by atoms with Gasteiger partial charge in [-0.25, -0.2) is 0 Å². The van der Waals surface area contributed by atoms with Gasteiger partial charge in [-0.15, -0.1) is 0 Å². The molecule has 0 aliphatic carbocycles. The fraction of sp³-hybridized carbons (Fsp3) is 0.500. The van der Waals surface area contributed by atoms with Crippen molar-refractivity contribution in [1.82, 2.24) is 0 Å². The second-order valence-corrected chi connectivity index (χ2v) is 11.2. The maximum absolute atomic E-state index is 2.48. The van der Waals surface area contributed by atoms with Gasteiger partial charge in [0.25, 0.3) is 0 Å². The van der Waals surface area contributed by atoms with E-state index in [4.69, 9.17) is 0 Å². The molecular weight excluding hydrogens is 593 g/mol. The Balaban J connectivity index is -0.000000281. The first-order valence-corrected chi connectivity index (χ1v) is 9.07. The maximum Gasteiger partial charge on any atom is 0.0806 e. The van der Waals surface area contributed by atoms with E-state index in [9.17, 15) is 0 Å². The van der Waals surface area contributed by atoms with Crippen molar-refractivity contribution in [2.24, 2.45) is 5.41 Å². The minimum atomic E-state index is -1.19. The standard InChI is InChI=1S/C14H24Si.2CH3.2Re/c1-14(2,3)11-12-15(4,5)13-9-7-6-8-10-13;;;;/h6-10H,11-12H2,1-5H3;2*1H3;;/q;2*-1;;. The molecule has 1 aromatic carbocycles. The van der Waals surface area contributed by atoms with E-state index in [0.717, 1.165) is 0 Å². The number of hydrogen-bond acceptors (Lipinski definition) is 0. The molecule has 2 radical (unpaired) electrons. The number of benzene rings is 1. The van der Waals surface area contributed by atoms with Crippen LogP contribution in [0.4, 0.5) is 0 Å². The van der Waals surface area contributed by atoms with Crippen LogP contribution in [0.3, 0.4) is 0 Å². The largest absolute Gasteiger partial charge is 0.358 e. The molecule has 1 rings (SSSR count). The Kier molecular flexibility index (Phi) is 16.8. The van der Waals surface area contributed by atoms with E-state index in [1.807, 2.05) is 0 Å². The Morgan fingerprint density at radius 1 is 0.895 bits per heavy atom. The number of hydrogen-bond donors (Lipinski definition) is 0. The quantitative estimate of drug-likeness (QED) is 0.331. The van der Waals surface area contributed by atoms with E-state index < -0.39 is 8.07 Å². The molecule has 0 aliphatic heterocycles. The molecule has 1 aromatic rings. The van der Waals surface area contributed by atoms with Crippen molar-refractivity contribution in [2.45, 2.75) is 46.3 Å². The first kappa shape index (κ1) is 28.0. The van der Waals surface area contributed by atoms with E-state index in [-0.39, 0.29) is 55.7 Å². The predicted octanol–water partition coefficient (Wildman–Crippen LogP) is 4.93. The summed E-state index contributed by atoms with van der Waals surface area (Å²) < 4.78 is 0. The summed E-state index contributed by atoms with van der Waals surface area (Å²) in [5, 5.41) is 1.59. The molecule has 0 spiro atoms. The monoisotopic (exact) mass is 624 g/mol. The molecule has 0 unspecified atom stereocenters. The van der Waals surface area contributed by atoms with Gasteiger partial charge in [0.1, 0.15) is 0 Å². The third kappa shape index (κ3) is 11.1.